The molecule has 0 amide bonds. The molecule has 2 N–H and O–H groups in total. The average Bonchev–Trinajstić information content (AvgIpc) is 2.99. The van der Waals surface area contributed by atoms with E-state index >= 15 is 0 Å². The number of benzene rings is 1. The zero-order valence-corrected chi connectivity index (χ0v) is 9.03. The lowest BCUT2D eigenvalue weighted by Gasteiger charge is -2.23. The van der Waals surface area contributed by atoms with Crippen molar-refractivity contribution < 1.29 is 0 Å². The van der Waals surface area contributed by atoms with Crippen molar-refractivity contribution in [2.75, 3.05) is 0 Å². The molecule has 0 heterocycles. The summed E-state index contributed by atoms with van der Waals surface area (Å²) in [6.45, 7) is 4.36. The molecule has 76 valence electrons. The molecule has 2 rings (SSSR count). The van der Waals surface area contributed by atoms with Crippen molar-refractivity contribution in [1.29, 1.82) is 0 Å². The summed E-state index contributed by atoms with van der Waals surface area (Å²) >= 11 is 0. The Morgan fingerprint density at radius 1 is 1.36 bits per heavy atom. The third kappa shape index (κ3) is 1.69. The van der Waals surface area contributed by atoms with Crippen LogP contribution in [-0.2, 0) is 0 Å². The Hall–Kier alpha value is -0.820. The van der Waals surface area contributed by atoms with E-state index in [4.69, 9.17) is 5.73 Å². The molecule has 1 aliphatic carbocycles. The summed E-state index contributed by atoms with van der Waals surface area (Å²) in [5.41, 5.74) is 7.74. The lowest BCUT2D eigenvalue weighted by atomic mass is 9.91. The van der Waals surface area contributed by atoms with Crippen molar-refractivity contribution in [3.63, 3.8) is 0 Å². The van der Waals surface area contributed by atoms with Gasteiger partial charge in [0.25, 0.3) is 0 Å². The minimum absolute atomic E-state index is 0.0283. The summed E-state index contributed by atoms with van der Waals surface area (Å²) in [6.07, 6.45) is 2.34. The van der Waals surface area contributed by atoms with Crippen LogP contribution >= 0.6 is 0 Å². The average molecular weight is 189 g/mol. The zero-order chi connectivity index (χ0) is 10.2. The molecule has 1 aromatic carbocycles. The first-order chi connectivity index (χ1) is 6.65. The molecule has 0 aromatic heterocycles. The van der Waals surface area contributed by atoms with Crippen LogP contribution in [0, 0.1) is 5.92 Å². The van der Waals surface area contributed by atoms with Crippen LogP contribution in [0.15, 0.2) is 30.3 Å². The van der Waals surface area contributed by atoms with E-state index in [1.807, 2.05) is 0 Å². The molecule has 0 saturated heterocycles. The molecule has 3 atom stereocenters. The predicted molar refractivity (Wildman–Crippen MR) is 60.2 cm³/mol. The van der Waals surface area contributed by atoms with E-state index in [2.05, 4.69) is 44.2 Å². The fourth-order valence-electron chi connectivity index (χ4n) is 2.25. The highest BCUT2D eigenvalue weighted by atomic mass is 14.8. The van der Waals surface area contributed by atoms with Crippen LogP contribution in [0.5, 0.6) is 0 Å². The maximum Gasteiger partial charge on any atom is 0.0157 e. The van der Waals surface area contributed by atoms with Gasteiger partial charge in [-0.1, -0.05) is 37.3 Å². The smallest absolute Gasteiger partial charge is 0.0157 e. The van der Waals surface area contributed by atoms with Gasteiger partial charge in [-0.15, -0.1) is 0 Å². The summed E-state index contributed by atoms with van der Waals surface area (Å²) < 4.78 is 0. The van der Waals surface area contributed by atoms with Gasteiger partial charge in [0.2, 0.25) is 0 Å². The summed E-state index contributed by atoms with van der Waals surface area (Å²) in [6, 6.07) is 10.7. The van der Waals surface area contributed by atoms with Crippen LogP contribution in [0.4, 0.5) is 0 Å². The molecule has 14 heavy (non-hydrogen) atoms. The van der Waals surface area contributed by atoms with Crippen LogP contribution in [0.3, 0.4) is 0 Å². The fraction of sp³-hybridized carbons (Fsp3) is 0.538. The largest absolute Gasteiger partial charge is 0.325 e. The first-order valence-corrected chi connectivity index (χ1v) is 5.49. The van der Waals surface area contributed by atoms with Gasteiger partial charge in [0.1, 0.15) is 0 Å². The monoisotopic (exact) mass is 189 g/mol. The van der Waals surface area contributed by atoms with Crippen LogP contribution in [0.1, 0.15) is 38.2 Å². The highest BCUT2D eigenvalue weighted by molar-refractivity contribution is 5.27. The van der Waals surface area contributed by atoms with Gasteiger partial charge >= 0.3 is 0 Å². The van der Waals surface area contributed by atoms with Gasteiger partial charge in [-0.3, -0.25) is 0 Å². The van der Waals surface area contributed by atoms with Crippen LogP contribution in [0.25, 0.3) is 0 Å². The zero-order valence-electron chi connectivity index (χ0n) is 9.03. The third-order valence-corrected chi connectivity index (χ3v) is 3.63. The molecule has 3 unspecified atom stereocenters. The van der Waals surface area contributed by atoms with Crippen LogP contribution < -0.4 is 5.73 Å². The fourth-order valence-corrected chi connectivity index (χ4v) is 2.25. The molecule has 0 bridgehead atoms. The SMILES string of the molecule is CCC(C)(N)C1CC1c1ccccc1. The Labute approximate surface area is 86.3 Å². The highest BCUT2D eigenvalue weighted by Gasteiger charge is 2.47. The van der Waals surface area contributed by atoms with Crippen molar-refractivity contribution in [1.82, 2.24) is 0 Å². The van der Waals surface area contributed by atoms with Crippen molar-refractivity contribution in [3.8, 4) is 0 Å². The summed E-state index contributed by atoms with van der Waals surface area (Å²) in [7, 11) is 0. The van der Waals surface area contributed by atoms with E-state index in [1.54, 1.807) is 0 Å². The Bertz CT molecular complexity index is 302. The molecule has 1 aromatic rings. The summed E-state index contributed by atoms with van der Waals surface area (Å²) in [5, 5.41) is 0. The van der Waals surface area contributed by atoms with Gasteiger partial charge in [0.15, 0.2) is 0 Å². The Morgan fingerprint density at radius 3 is 2.57 bits per heavy atom. The maximum absolute atomic E-state index is 6.25. The Morgan fingerprint density at radius 2 is 2.00 bits per heavy atom. The number of nitrogens with two attached hydrogens (primary N) is 1. The Balaban J connectivity index is 2.07. The molecule has 0 radical (unpaired) electrons. The molecular formula is C13H19N. The molecular weight excluding hydrogens is 170 g/mol. The predicted octanol–water partition coefficient (Wildman–Crippen LogP) is 2.92. The normalized spacial score (nSPS) is 29.6. The first kappa shape index (κ1) is 9.72. The molecule has 0 spiro atoms. The number of rotatable bonds is 3. The first-order valence-electron chi connectivity index (χ1n) is 5.49. The second-order valence-electron chi connectivity index (χ2n) is 4.72. The van der Waals surface area contributed by atoms with Crippen molar-refractivity contribution >= 4 is 0 Å². The number of hydrogen-bond acceptors (Lipinski definition) is 1. The van der Waals surface area contributed by atoms with Gasteiger partial charge in [-0.2, -0.15) is 0 Å². The van der Waals surface area contributed by atoms with E-state index in [0.29, 0.717) is 11.8 Å². The lowest BCUT2D eigenvalue weighted by molar-refractivity contribution is 0.387. The molecule has 1 saturated carbocycles. The van der Waals surface area contributed by atoms with Gasteiger partial charge in [0, 0.05) is 5.54 Å². The second-order valence-corrected chi connectivity index (χ2v) is 4.72. The Kier molecular flexibility index (Phi) is 2.36. The molecule has 0 aliphatic heterocycles. The highest BCUT2D eigenvalue weighted by Crippen LogP contribution is 2.53. The third-order valence-electron chi connectivity index (χ3n) is 3.63. The van der Waals surface area contributed by atoms with Crippen LogP contribution in [-0.4, -0.2) is 5.54 Å². The topological polar surface area (TPSA) is 26.0 Å². The lowest BCUT2D eigenvalue weighted by Crippen LogP contribution is -2.38. The van der Waals surface area contributed by atoms with Gasteiger partial charge < -0.3 is 5.73 Å². The minimum atomic E-state index is 0.0283. The van der Waals surface area contributed by atoms with Gasteiger partial charge in [0.05, 0.1) is 0 Å². The summed E-state index contributed by atoms with van der Waals surface area (Å²) in [5.74, 6) is 1.40. The van der Waals surface area contributed by atoms with Crippen molar-refractivity contribution in [3.05, 3.63) is 35.9 Å². The van der Waals surface area contributed by atoms with Crippen molar-refractivity contribution in [2.45, 2.75) is 38.1 Å². The van der Waals surface area contributed by atoms with Gasteiger partial charge in [-0.05, 0) is 37.2 Å². The van der Waals surface area contributed by atoms with E-state index in [-0.39, 0.29) is 5.54 Å². The quantitative estimate of drug-likeness (QED) is 0.777. The van der Waals surface area contributed by atoms with E-state index in [0.717, 1.165) is 6.42 Å². The van der Waals surface area contributed by atoms with Crippen LogP contribution in [0.2, 0.25) is 0 Å². The van der Waals surface area contributed by atoms with E-state index in [1.165, 1.54) is 12.0 Å². The van der Waals surface area contributed by atoms with E-state index < -0.39 is 0 Å². The maximum atomic E-state index is 6.25. The van der Waals surface area contributed by atoms with Crippen molar-refractivity contribution in [2.24, 2.45) is 11.7 Å². The minimum Gasteiger partial charge on any atom is -0.325 e. The molecule has 1 fully saturated rings. The van der Waals surface area contributed by atoms with Gasteiger partial charge in [-0.25, -0.2) is 0 Å². The second kappa shape index (κ2) is 3.39. The molecule has 1 aliphatic rings. The number of hydrogen-bond donors (Lipinski definition) is 1. The van der Waals surface area contributed by atoms with E-state index in [9.17, 15) is 0 Å². The molecule has 1 nitrogen and oxygen atoms in total. The molecule has 1 heteroatoms. The summed E-state index contributed by atoms with van der Waals surface area (Å²) in [4.78, 5) is 0. The standard InChI is InChI=1S/C13H19N/c1-3-13(2,14)12-9-11(12)10-7-5-4-6-8-10/h4-8,11-12H,3,9,14H2,1-2H3.